The zero-order valence-electron chi connectivity index (χ0n) is 12.0. The van der Waals surface area contributed by atoms with Gasteiger partial charge in [0.05, 0.1) is 0 Å². The molecule has 114 valence electrons. The number of benzene rings is 1. The van der Waals surface area contributed by atoms with Crippen LogP contribution in [0, 0.1) is 0 Å². The number of nitrogens with one attached hydrogen (secondary N) is 1. The van der Waals surface area contributed by atoms with E-state index in [0.717, 1.165) is 0 Å². The van der Waals surface area contributed by atoms with Gasteiger partial charge >= 0.3 is 5.97 Å². The summed E-state index contributed by atoms with van der Waals surface area (Å²) in [6, 6.07) is 9.23. The smallest absolute Gasteiger partial charge is 0.325 e. The summed E-state index contributed by atoms with van der Waals surface area (Å²) in [5.74, 6) is -0.293. The van der Waals surface area contributed by atoms with Crippen LogP contribution in [0.2, 0.25) is 0 Å². The molecule has 6 nitrogen and oxygen atoms in total. The molecule has 1 heterocycles. The lowest BCUT2D eigenvalue weighted by Gasteiger charge is -2.26. The highest BCUT2D eigenvalue weighted by Gasteiger charge is 2.20. The summed E-state index contributed by atoms with van der Waals surface area (Å²) < 4.78 is 1.27. The molecule has 1 aromatic heterocycles. The normalized spacial score (nSPS) is 14.4. The Hall–Kier alpha value is -2.63. The maximum atomic E-state index is 12.3. The van der Waals surface area contributed by atoms with Gasteiger partial charge < -0.3 is 10.4 Å². The minimum Gasteiger partial charge on any atom is -0.480 e. The molecule has 0 saturated heterocycles. The lowest BCUT2D eigenvalue weighted by molar-refractivity contribution is -0.137. The van der Waals surface area contributed by atoms with Gasteiger partial charge in [-0.05, 0) is 36.5 Å². The maximum Gasteiger partial charge on any atom is 0.325 e. The van der Waals surface area contributed by atoms with E-state index in [1.165, 1.54) is 35.7 Å². The molecule has 6 heteroatoms. The fourth-order valence-electron chi connectivity index (χ4n) is 2.52. The van der Waals surface area contributed by atoms with Crippen molar-refractivity contribution in [3.63, 3.8) is 0 Å². The van der Waals surface area contributed by atoms with Crippen LogP contribution in [0.25, 0.3) is 0 Å². The highest BCUT2D eigenvalue weighted by Crippen LogP contribution is 2.36. The summed E-state index contributed by atoms with van der Waals surface area (Å²) in [5, 5.41) is 15.4. The number of carboxylic acids is 1. The van der Waals surface area contributed by atoms with Gasteiger partial charge in [0.2, 0.25) is 0 Å². The monoisotopic (exact) mass is 299 g/mol. The van der Waals surface area contributed by atoms with Gasteiger partial charge in [0, 0.05) is 17.8 Å². The van der Waals surface area contributed by atoms with Gasteiger partial charge in [-0.15, -0.1) is 0 Å². The van der Waals surface area contributed by atoms with Crippen LogP contribution in [0.4, 0.5) is 5.82 Å². The fraction of sp³-hybridized carbons (Fsp3) is 0.312. The molecule has 3 rings (SSSR count). The first kappa shape index (κ1) is 14.3. The van der Waals surface area contributed by atoms with Gasteiger partial charge in [0.15, 0.2) is 5.82 Å². The van der Waals surface area contributed by atoms with E-state index in [9.17, 15) is 9.59 Å². The largest absolute Gasteiger partial charge is 0.480 e. The first-order chi connectivity index (χ1) is 10.6. The van der Waals surface area contributed by atoms with Crippen molar-refractivity contribution in [1.29, 1.82) is 0 Å². The van der Waals surface area contributed by atoms with Gasteiger partial charge in [0.25, 0.3) is 5.91 Å². The van der Waals surface area contributed by atoms with E-state index in [0.29, 0.717) is 17.3 Å². The Morgan fingerprint density at radius 2 is 2.14 bits per heavy atom. The van der Waals surface area contributed by atoms with Crippen LogP contribution < -0.4 is 5.32 Å². The number of carboxylic acid groups (broad SMARTS) is 1. The van der Waals surface area contributed by atoms with Crippen LogP contribution in [-0.4, -0.2) is 26.8 Å². The van der Waals surface area contributed by atoms with Gasteiger partial charge in [-0.3, -0.25) is 14.3 Å². The van der Waals surface area contributed by atoms with Crippen LogP contribution >= 0.6 is 0 Å². The molecule has 1 aliphatic rings. The van der Waals surface area contributed by atoms with Crippen molar-refractivity contribution in [1.82, 2.24) is 9.78 Å². The van der Waals surface area contributed by atoms with Crippen LogP contribution in [0.3, 0.4) is 0 Å². The van der Waals surface area contributed by atoms with E-state index in [2.05, 4.69) is 16.5 Å². The molecule has 2 aromatic rings. The number of hydrogen-bond donors (Lipinski definition) is 2. The summed E-state index contributed by atoms with van der Waals surface area (Å²) in [7, 11) is 0. The predicted octanol–water partition coefficient (Wildman–Crippen LogP) is 2.49. The second kappa shape index (κ2) is 6.01. The van der Waals surface area contributed by atoms with E-state index in [1.54, 1.807) is 12.1 Å². The highest BCUT2D eigenvalue weighted by atomic mass is 16.4. The van der Waals surface area contributed by atoms with E-state index in [1.807, 2.05) is 12.1 Å². The number of rotatable bonds is 5. The average Bonchev–Trinajstić information content (AvgIpc) is 2.83. The predicted molar refractivity (Wildman–Crippen MR) is 80.9 cm³/mol. The number of carbonyl (C=O) groups is 2. The third-order valence-electron chi connectivity index (χ3n) is 3.90. The van der Waals surface area contributed by atoms with E-state index >= 15 is 0 Å². The second-order valence-electron chi connectivity index (χ2n) is 5.50. The number of amides is 1. The second-order valence-corrected chi connectivity index (χ2v) is 5.50. The van der Waals surface area contributed by atoms with Crippen molar-refractivity contribution in [2.45, 2.75) is 31.7 Å². The Labute approximate surface area is 127 Å². The third kappa shape index (κ3) is 3.16. The first-order valence-electron chi connectivity index (χ1n) is 7.28. The number of anilines is 1. The summed E-state index contributed by atoms with van der Waals surface area (Å²) >= 11 is 0. The Morgan fingerprint density at radius 3 is 2.82 bits per heavy atom. The van der Waals surface area contributed by atoms with E-state index in [4.69, 9.17) is 5.11 Å². The molecule has 0 aliphatic heterocycles. The van der Waals surface area contributed by atoms with Gasteiger partial charge in [-0.25, -0.2) is 0 Å². The Bertz CT molecular complexity index is 704. The third-order valence-corrected chi connectivity index (χ3v) is 3.90. The van der Waals surface area contributed by atoms with Crippen LogP contribution in [0.5, 0.6) is 0 Å². The van der Waals surface area contributed by atoms with Crippen molar-refractivity contribution in [2.24, 2.45) is 0 Å². The molecule has 1 amide bonds. The number of hydrogen-bond acceptors (Lipinski definition) is 3. The highest BCUT2D eigenvalue weighted by molar-refractivity contribution is 6.03. The van der Waals surface area contributed by atoms with Crippen LogP contribution in [0.15, 0.2) is 36.5 Å². The molecule has 1 fully saturated rings. The molecule has 1 aliphatic carbocycles. The summed E-state index contributed by atoms with van der Waals surface area (Å²) in [4.78, 5) is 22.9. The van der Waals surface area contributed by atoms with Crippen molar-refractivity contribution >= 4 is 17.7 Å². The van der Waals surface area contributed by atoms with Crippen molar-refractivity contribution < 1.29 is 14.7 Å². The number of aromatic nitrogens is 2. The molecule has 0 bridgehead atoms. The van der Waals surface area contributed by atoms with Gasteiger partial charge in [0.1, 0.15) is 6.54 Å². The zero-order valence-corrected chi connectivity index (χ0v) is 12.0. The van der Waals surface area contributed by atoms with Crippen LogP contribution in [-0.2, 0) is 11.3 Å². The topological polar surface area (TPSA) is 84.2 Å². The molecule has 0 unspecified atom stereocenters. The molecule has 1 aromatic carbocycles. The van der Waals surface area contributed by atoms with Crippen LogP contribution in [0.1, 0.15) is 41.1 Å². The Morgan fingerprint density at radius 1 is 1.32 bits per heavy atom. The zero-order chi connectivity index (χ0) is 15.5. The number of nitrogens with zero attached hydrogens (tertiary/aromatic N) is 2. The van der Waals surface area contributed by atoms with E-state index in [-0.39, 0.29) is 12.5 Å². The fourth-order valence-corrected chi connectivity index (χ4v) is 2.52. The lowest BCUT2D eigenvalue weighted by Crippen LogP contribution is -2.15. The quantitative estimate of drug-likeness (QED) is 0.888. The molecule has 0 atom stereocenters. The minimum absolute atomic E-state index is 0.229. The molecule has 22 heavy (non-hydrogen) atoms. The lowest BCUT2D eigenvalue weighted by atomic mass is 9.80. The molecule has 2 N–H and O–H groups in total. The van der Waals surface area contributed by atoms with Crippen molar-refractivity contribution in [2.75, 3.05) is 5.32 Å². The van der Waals surface area contributed by atoms with Crippen molar-refractivity contribution in [3.8, 4) is 0 Å². The molecule has 0 spiro atoms. The van der Waals surface area contributed by atoms with Crippen molar-refractivity contribution in [3.05, 3.63) is 47.7 Å². The van der Waals surface area contributed by atoms with E-state index < -0.39 is 5.97 Å². The Kier molecular flexibility index (Phi) is 3.91. The van der Waals surface area contributed by atoms with Gasteiger partial charge in [-0.1, -0.05) is 18.6 Å². The molecule has 0 radical (unpaired) electrons. The first-order valence-corrected chi connectivity index (χ1v) is 7.28. The summed E-state index contributed by atoms with van der Waals surface area (Å²) in [6.45, 7) is -0.229. The summed E-state index contributed by atoms with van der Waals surface area (Å²) in [6.07, 6.45) is 5.14. The number of carbonyl (C=O) groups excluding carboxylic acids is 1. The average molecular weight is 299 g/mol. The maximum absolute atomic E-state index is 12.3. The molecule has 1 saturated carbocycles. The molecular weight excluding hydrogens is 282 g/mol. The minimum atomic E-state index is -0.978. The Balaban J connectivity index is 1.68. The SMILES string of the molecule is O=C(O)Cn1ccc(NC(=O)c2cccc(C3CCC3)c2)n1. The summed E-state index contributed by atoms with van der Waals surface area (Å²) in [5.41, 5.74) is 1.80. The van der Waals surface area contributed by atoms with Gasteiger partial charge in [-0.2, -0.15) is 5.10 Å². The number of aliphatic carboxylic acids is 1. The standard InChI is InChI=1S/C16H17N3O3/c20-15(21)10-19-8-7-14(18-19)17-16(22)13-6-2-5-12(9-13)11-3-1-4-11/h2,5-9,11H,1,3-4,10H2,(H,20,21)(H,17,18,22). The molecular formula is C16H17N3O3.